The molecular formula is C13H12N4O2S2. The number of amides is 2. The molecule has 0 aromatic carbocycles. The number of hydrogen-bond acceptors (Lipinski definition) is 5. The molecule has 1 aliphatic heterocycles. The Balaban J connectivity index is 1.69. The molecule has 8 heteroatoms. The molecule has 0 bridgehead atoms. The Bertz CT molecular complexity index is 847. The van der Waals surface area contributed by atoms with Crippen molar-refractivity contribution in [1.82, 2.24) is 19.6 Å². The molecule has 0 aliphatic carbocycles. The first-order valence-corrected chi connectivity index (χ1v) is 8.33. The lowest BCUT2D eigenvalue weighted by atomic mass is 10.3. The lowest BCUT2D eigenvalue weighted by molar-refractivity contribution is -0.121. The SMILES string of the molecule is O=C1CN(C(=O)c2cc3c(nc4sccn43)s2)CCCN1. The summed E-state index contributed by atoms with van der Waals surface area (Å²) < 4.78 is 1.99. The van der Waals surface area contributed by atoms with Crippen LogP contribution in [0.5, 0.6) is 0 Å². The van der Waals surface area contributed by atoms with Crippen molar-refractivity contribution in [2.24, 2.45) is 0 Å². The van der Waals surface area contributed by atoms with Gasteiger partial charge in [0.25, 0.3) is 5.91 Å². The zero-order chi connectivity index (χ0) is 14.4. The number of rotatable bonds is 1. The van der Waals surface area contributed by atoms with Crippen molar-refractivity contribution >= 4 is 49.8 Å². The van der Waals surface area contributed by atoms with E-state index in [2.05, 4.69) is 10.3 Å². The Labute approximate surface area is 128 Å². The molecule has 3 aromatic rings. The van der Waals surface area contributed by atoms with Gasteiger partial charge in [0.15, 0.2) is 4.96 Å². The molecule has 6 nitrogen and oxygen atoms in total. The summed E-state index contributed by atoms with van der Waals surface area (Å²) in [5, 5.41) is 4.75. The lowest BCUT2D eigenvalue weighted by Crippen LogP contribution is -2.37. The molecule has 0 atom stereocenters. The molecule has 1 fully saturated rings. The fourth-order valence-corrected chi connectivity index (χ4v) is 4.26. The van der Waals surface area contributed by atoms with Gasteiger partial charge in [0.1, 0.15) is 4.83 Å². The molecule has 0 unspecified atom stereocenters. The molecule has 0 spiro atoms. The first-order valence-electron chi connectivity index (χ1n) is 6.63. The standard InChI is InChI=1S/C13H12N4O2S2/c18-10-7-16(3-1-2-14-10)12(19)9-6-8-11(21-9)15-13-17(8)4-5-20-13/h4-6H,1-3,7H2,(H,14,18). The highest BCUT2D eigenvalue weighted by atomic mass is 32.1. The minimum absolute atomic E-state index is 0.0842. The maximum absolute atomic E-state index is 12.6. The third-order valence-electron chi connectivity index (χ3n) is 3.50. The predicted octanol–water partition coefficient (Wildman–Crippen LogP) is 1.57. The van der Waals surface area contributed by atoms with Gasteiger partial charge >= 0.3 is 0 Å². The van der Waals surface area contributed by atoms with E-state index in [1.165, 1.54) is 11.3 Å². The summed E-state index contributed by atoms with van der Waals surface area (Å²) in [4.78, 5) is 32.7. The third-order valence-corrected chi connectivity index (χ3v) is 5.26. The third kappa shape index (κ3) is 2.11. The zero-order valence-electron chi connectivity index (χ0n) is 11.0. The van der Waals surface area contributed by atoms with Crippen LogP contribution in [0.4, 0.5) is 0 Å². The number of carbonyl (C=O) groups excluding carboxylic acids is 2. The van der Waals surface area contributed by atoms with E-state index >= 15 is 0 Å². The number of carbonyl (C=O) groups is 2. The fraction of sp³-hybridized carbons (Fsp3) is 0.308. The number of aromatic nitrogens is 2. The maximum Gasteiger partial charge on any atom is 0.264 e. The molecule has 3 aromatic heterocycles. The molecule has 4 heterocycles. The number of nitrogens with zero attached hydrogens (tertiary/aromatic N) is 3. The van der Waals surface area contributed by atoms with Crippen LogP contribution in [0.2, 0.25) is 0 Å². The van der Waals surface area contributed by atoms with Gasteiger partial charge < -0.3 is 10.2 Å². The second kappa shape index (κ2) is 4.81. The van der Waals surface area contributed by atoms with Gasteiger partial charge in [-0.15, -0.1) is 22.7 Å². The first-order chi connectivity index (χ1) is 10.2. The minimum atomic E-state index is -0.0934. The summed E-state index contributed by atoms with van der Waals surface area (Å²) in [7, 11) is 0. The predicted molar refractivity (Wildman–Crippen MR) is 82.0 cm³/mol. The monoisotopic (exact) mass is 320 g/mol. The van der Waals surface area contributed by atoms with Crippen molar-refractivity contribution in [3.05, 3.63) is 22.5 Å². The second-order valence-electron chi connectivity index (χ2n) is 4.90. The Hall–Kier alpha value is -1.93. The average Bonchev–Trinajstić information content (AvgIpc) is 3.08. The highest BCUT2D eigenvalue weighted by Crippen LogP contribution is 2.29. The van der Waals surface area contributed by atoms with Crippen LogP contribution in [0.15, 0.2) is 17.6 Å². The van der Waals surface area contributed by atoms with Crippen LogP contribution in [-0.4, -0.2) is 45.7 Å². The van der Waals surface area contributed by atoms with Crippen molar-refractivity contribution in [2.75, 3.05) is 19.6 Å². The molecule has 1 saturated heterocycles. The van der Waals surface area contributed by atoms with Gasteiger partial charge in [-0.2, -0.15) is 0 Å². The molecular weight excluding hydrogens is 308 g/mol. The second-order valence-corrected chi connectivity index (χ2v) is 6.80. The number of thiophene rings is 1. The molecule has 108 valence electrons. The van der Waals surface area contributed by atoms with Gasteiger partial charge in [-0.1, -0.05) is 0 Å². The Morgan fingerprint density at radius 3 is 3.24 bits per heavy atom. The van der Waals surface area contributed by atoms with Gasteiger partial charge in [-0.3, -0.25) is 14.0 Å². The summed E-state index contributed by atoms with van der Waals surface area (Å²) in [6.07, 6.45) is 2.74. The van der Waals surface area contributed by atoms with Gasteiger partial charge in [-0.25, -0.2) is 4.98 Å². The van der Waals surface area contributed by atoms with Crippen molar-refractivity contribution in [2.45, 2.75) is 6.42 Å². The molecule has 21 heavy (non-hydrogen) atoms. The van der Waals surface area contributed by atoms with E-state index < -0.39 is 0 Å². The zero-order valence-corrected chi connectivity index (χ0v) is 12.7. The number of nitrogens with one attached hydrogen (secondary N) is 1. The maximum atomic E-state index is 12.6. The number of hydrogen-bond donors (Lipinski definition) is 1. The van der Waals surface area contributed by atoms with Crippen LogP contribution in [0.1, 0.15) is 16.1 Å². The highest BCUT2D eigenvalue weighted by Gasteiger charge is 2.23. The van der Waals surface area contributed by atoms with E-state index in [1.54, 1.807) is 16.2 Å². The fourth-order valence-electron chi connectivity index (χ4n) is 2.49. The summed E-state index contributed by atoms with van der Waals surface area (Å²) in [6.45, 7) is 1.37. The first kappa shape index (κ1) is 12.8. The van der Waals surface area contributed by atoms with E-state index in [0.717, 1.165) is 21.7 Å². The van der Waals surface area contributed by atoms with Gasteiger partial charge in [0, 0.05) is 24.7 Å². The van der Waals surface area contributed by atoms with Crippen LogP contribution in [0, 0.1) is 0 Å². The molecule has 2 amide bonds. The van der Waals surface area contributed by atoms with E-state index in [4.69, 9.17) is 0 Å². The van der Waals surface area contributed by atoms with E-state index in [0.29, 0.717) is 18.0 Å². The van der Waals surface area contributed by atoms with Crippen LogP contribution < -0.4 is 5.32 Å². The topological polar surface area (TPSA) is 66.7 Å². The minimum Gasteiger partial charge on any atom is -0.354 e. The summed E-state index contributed by atoms with van der Waals surface area (Å²) in [6, 6.07) is 1.87. The summed E-state index contributed by atoms with van der Waals surface area (Å²) in [5.41, 5.74) is 0.957. The van der Waals surface area contributed by atoms with Crippen molar-refractivity contribution in [1.29, 1.82) is 0 Å². The molecule has 1 N–H and O–H groups in total. The van der Waals surface area contributed by atoms with Crippen LogP contribution in [-0.2, 0) is 4.79 Å². The molecule has 4 rings (SSSR count). The number of thiazole rings is 1. The van der Waals surface area contributed by atoms with Gasteiger partial charge in [0.2, 0.25) is 5.91 Å². The molecule has 0 radical (unpaired) electrons. The average molecular weight is 320 g/mol. The number of imidazole rings is 1. The largest absolute Gasteiger partial charge is 0.354 e. The van der Waals surface area contributed by atoms with Gasteiger partial charge in [-0.05, 0) is 12.5 Å². The van der Waals surface area contributed by atoms with Crippen molar-refractivity contribution < 1.29 is 9.59 Å². The normalized spacial score (nSPS) is 16.4. The Kier molecular flexibility index (Phi) is 2.93. The van der Waals surface area contributed by atoms with Gasteiger partial charge in [0.05, 0.1) is 16.9 Å². The summed E-state index contributed by atoms with van der Waals surface area (Å²) >= 11 is 2.96. The van der Waals surface area contributed by atoms with E-state index in [-0.39, 0.29) is 18.4 Å². The Morgan fingerprint density at radius 1 is 1.43 bits per heavy atom. The Morgan fingerprint density at radius 2 is 2.33 bits per heavy atom. The molecule has 1 aliphatic rings. The quantitative estimate of drug-likeness (QED) is 0.740. The van der Waals surface area contributed by atoms with E-state index in [1.807, 2.05) is 22.0 Å². The summed E-state index contributed by atoms with van der Waals surface area (Å²) in [5.74, 6) is -0.178. The molecule has 0 saturated carbocycles. The van der Waals surface area contributed by atoms with E-state index in [9.17, 15) is 9.59 Å². The van der Waals surface area contributed by atoms with Crippen molar-refractivity contribution in [3.63, 3.8) is 0 Å². The van der Waals surface area contributed by atoms with Crippen LogP contribution in [0.25, 0.3) is 15.3 Å². The highest BCUT2D eigenvalue weighted by molar-refractivity contribution is 7.21. The number of fused-ring (bicyclic) bond motifs is 3. The van der Waals surface area contributed by atoms with Crippen molar-refractivity contribution in [3.8, 4) is 0 Å². The van der Waals surface area contributed by atoms with Crippen LogP contribution in [0.3, 0.4) is 0 Å². The lowest BCUT2D eigenvalue weighted by Gasteiger charge is -2.17. The van der Waals surface area contributed by atoms with Crippen LogP contribution >= 0.6 is 22.7 Å². The smallest absolute Gasteiger partial charge is 0.264 e.